The molecule has 1 amide bonds. The highest BCUT2D eigenvalue weighted by atomic mass is 35.5. The van der Waals surface area contributed by atoms with Gasteiger partial charge in [0.25, 0.3) is 5.91 Å². The van der Waals surface area contributed by atoms with E-state index >= 15 is 0 Å². The van der Waals surface area contributed by atoms with Gasteiger partial charge in [-0.25, -0.2) is 4.98 Å². The molecule has 0 saturated carbocycles. The third-order valence-electron chi connectivity index (χ3n) is 2.22. The Kier molecular flexibility index (Phi) is 8.12. The lowest BCUT2D eigenvalue weighted by Gasteiger charge is -2.20. The lowest BCUT2D eigenvalue weighted by atomic mass is 10.3. The Morgan fingerprint density at radius 2 is 2.00 bits per heavy atom. The molecule has 0 radical (unpaired) electrons. The molecule has 0 aliphatic carbocycles. The minimum atomic E-state index is 0. The summed E-state index contributed by atoms with van der Waals surface area (Å²) < 4.78 is 0. The number of aromatic nitrogens is 1. The average Bonchev–Trinajstić information content (AvgIpc) is 2.76. The van der Waals surface area contributed by atoms with Crippen LogP contribution < -0.4 is 5.73 Å². The zero-order valence-electron chi connectivity index (χ0n) is 10.3. The topological polar surface area (TPSA) is 59.2 Å². The number of nitrogens with zero attached hydrogens (tertiary/aromatic N) is 2. The summed E-state index contributed by atoms with van der Waals surface area (Å²) >= 11 is 1.45. The summed E-state index contributed by atoms with van der Waals surface area (Å²) in [7, 11) is 0. The highest BCUT2D eigenvalue weighted by Gasteiger charge is 2.16. The molecule has 0 atom stereocenters. The molecule has 0 unspecified atom stereocenters. The van der Waals surface area contributed by atoms with Gasteiger partial charge in [0.05, 0.1) is 0 Å². The van der Waals surface area contributed by atoms with Gasteiger partial charge in [-0.2, -0.15) is 0 Å². The monoisotopic (exact) mass is 277 g/mol. The van der Waals surface area contributed by atoms with Gasteiger partial charge in [-0.15, -0.1) is 23.7 Å². The van der Waals surface area contributed by atoms with Crippen molar-refractivity contribution in [2.24, 2.45) is 5.73 Å². The second kappa shape index (κ2) is 8.44. The maximum absolute atomic E-state index is 12.1. The Hall–Kier alpha value is -0.650. The number of halogens is 1. The van der Waals surface area contributed by atoms with Crippen LogP contribution in [0.25, 0.3) is 0 Å². The van der Waals surface area contributed by atoms with Crippen LogP contribution in [0.1, 0.15) is 42.2 Å². The minimum absolute atomic E-state index is 0. The van der Waals surface area contributed by atoms with E-state index in [4.69, 9.17) is 5.73 Å². The van der Waals surface area contributed by atoms with E-state index in [-0.39, 0.29) is 18.3 Å². The molecule has 98 valence electrons. The quantitative estimate of drug-likeness (QED) is 0.868. The molecule has 1 heterocycles. The van der Waals surface area contributed by atoms with Crippen LogP contribution in [0.2, 0.25) is 0 Å². The fourth-order valence-electron chi connectivity index (χ4n) is 1.52. The summed E-state index contributed by atoms with van der Waals surface area (Å²) in [5, 5.41) is 2.61. The van der Waals surface area contributed by atoms with Gasteiger partial charge < -0.3 is 10.6 Å². The van der Waals surface area contributed by atoms with E-state index in [9.17, 15) is 4.79 Å². The Morgan fingerprint density at radius 1 is 1.41 bits per heavy atom. The summed E-state index contributed by atoms with van der Waals surface area (Å²) in [6.07, 6.45) is 1.94. The van der Waals surface area contributed by atoms with Gasteiger partial charge in [0, 0.05) is 25.0 Å². The van der Waals surface area contributed by atoms with Gasteiger partial charge in [0.1, 0.15) is 10.7 Å². The molecule has 0 saturated heterocycles. The van der Waals surface area contributed by atoms with E-state index in [0.717, 1.165) is 30.9 Å². The maximum Gasteiger partial charge on any atom is 0.273 e. The zero-order valence-corrected chi connectivity index (χ0v) is 11.9. The molecule has 0 bridgehead atoms. The first-order valence-electron chi connectivity index (χ1n) is 5.66. The lowest BCUT2D eigenvalue weighted by Crippen LogP contribution is -2.32. The van der Waals surface area contributed by atoms with Crippen LogP contribution in [0.3, 0.4) is 0 Å². The van der Waals surface area contributed by atoms with Crippen molar-refractivity contribution in [3.05, 3.63) is 16.1 Å². The van der Waals surface area contributed by atoms with Crippen molar-refractivity contribution in [2.45, 2.75) is 33.2 Å². The predicted molar refractivity (Wildman–Crippen MR) is 73.7 cm³/mol. The second-order valence-corrected chi connectivity index (χ2v) is 4.57. The third-order valence-corrected chi connectivity index (χ3v) is 3.09. The molecular formula is C11H20ClN3OS. The van der Waals surface area contributed by atoms with Crippen molar-refractivity contribution in [3.63, 3.8) is 0 Å². The smallest absolute Gasteiger partial charge is 0.273 e. The molecule has 0 spiro atoms. The number of thiazole rings is 1. The summed E-state index contributed by atoms with van der Waals surface area (Å²) in [5.74, 6) is 0.0275. The summed E-state index contributed by atoms with van der Waals surface area (Å²) in [5.41, 5.74) is 6.01. The van der Waals surface area contributed by atoms with Crippen LogP contribution in [-0.4, -0.2) is 28.9 Å². The van der Waals surface area contributed by atoms with Crippen LogP contribution in [0.15, 0.2) is 5.38 Å². The van der Waals surface area contributed by atoms with Crippen LogP contribution >= 0.6 is 23.7 Å². The molecule has 4 nitrogen and oxygen atoms in total. The largest absolute Gasteiger partial charge is 0.337 e. The molecule has 0 aliphatic rings. The van der Waals surface area contributed by atoms with Crippen molar-refractivity contribution >= 4 is 29.7 Å². The molecule has 1 aromatic heterocycles. The highest BCUT2D eigenvalue weighted by Crippen LogP contribution is 2.11. The number of rotatable bonds is 6. The minimum Gasteiger partial charge on any atom is -0.337 e. The summed E-state index contributed by atoms with van der Waals surface area (Å²) in [4.78, 5) is 18.2. The first-order valence-corrected chi connectivity index (χ1v) is 6.54. The highest BCUT2D eigenvalue weighted by molar-refractivity contribution is 7.09. The normalized spacial score (nSPS) is 9.82. The fourth-order valence-corrected chi connectivity index (χ4v) is 2.17. The molecule has 0 aromatic carbocycles. The Morgan fingerprint density at radius 3 is 2.41 bits per heavy atom. The Labute approximate surface area is 113 Å². The standard InChI is InChI=1S/C11H19N3OS.ClH/c1-3-5-14(6-4-2)11(15)9-8-16-10(7-12)13-9;/h8H,3-7,12H2,1-2H3;1H. The second-order valence-electron chi connectivity index (χ2n) is 3.62. The van der Waals surface area contributed by atoms with Gasteiger partial charge >= 0.3 is 0 Å². The fraction of sp³-hybridized carbons (Fsp3) is 0.636. The molecular weight excluding hydrogens is 258 g/mol. The van der Waals surface area contributed by atoms with Gasteiger partial charge in [-0.1, -0.05) is 13.8 Å². The average molecular weight is 278 g/mol. The molecule has 1 rings (SSSR count). The van der Waals surface area contributed by atoms with Crippen molar-refractivity contribution < 1.29 is 4.79 Å². The van der Waals surface area contributed by atoms with Gasteiger partial charge in [0.2, 0.25) is 0 Å². The predicted octanol–water partition coefficient (Wildman–Crippen LogP) is 2.29. The number of hydrogen-bond donors (Lipinski definition) is 1. The molecule has 6 heteroatoms. The van der Waals surface area contributed by atoms with E-state index in [1.54, 1.807) is 5.38 Å². The third kappa shape index (κ3) is 4.61. The number of carbonyl (C=O) groups excluding carboxylic acids is 1. The molecule has 17 heavy (non-hydrogen) atoms. The Balaban J connectivity index is 0.00000256. The molecule has 0 aliphatic heterocycles. The van der Waals surface area contributed by atoms with Gasteiger partial charge in [-0.3, -0.25) is 4.79 Å². The summed E-state index contributed by atoms with van der Waals surface area (Å²) in [6, 6.07) is 0. The van der Waals surface area contributed by atoms with E-state index in [1.165, 1.54) is 11.3 Å². The van der Waals surface area contributed by atoms with E-state index in [2.05, 4.69) is 18.8 Å². The van der Waals surface area contributed by atoms with Gasteiger partial charge in [-0.05, 0) is 12.8 Å². The Bertz CT molecular complexity index is 337. The number of carbonyl (C=O) groups is 1. The number of amides is 1. The van der Waals surface area contributed by atoms with Crippen LogP contribution in [0.5, 0.6) is 0 Å². The van der Waals surface area contributed by atoms with Crippen molar-refractivity contribution in [1.29, 1.82) is 0 Å². The summed E-state index contributed by atoms with van der Waals surface area (Å²) in [6.45, 7) is 6.13. The SMILES string of the molecule is CCCN(CCC)C(=O)c1csc(CN)n1.Cl. The first-order chi connectivity index (χ1) is 7.72. The van der Waals surface area contributed by atoms with E-state index in [1.807, 2.05) is 4.90 Å². The van der Waals surface area contributed by atoms with Gasteiger partial charge in [0.15, 0.2) is 0 Å². The zero-order chi connectivity index (χ0) is 12.0. The maximum atomic E-state index is 12.1. The molecule has 2 N–H and O–H groups in total. The van der Waals surface area contributed by atoms with Crippen molar-refractivity contribution in [3.8, 4) is 0 Å². The number of nitrogens with two attached hydrogens (primary N) is 1. The van der Waals surface area contributed by atoms with Crippen LogP contribution in [-0.2, 0) is 6.54 Å². The van der Waals surface area contributed by atoms with E-state index < -0.39 is 0 Å². The molecule has 0 fully saturated rings. The first kappa shape index (κ1) is 16.4. The van der Waals surface area contributed by atoms with Crippen LogP contribution in [0.4, 0.5) is 0 Å². The van der Waals surface area contributed by atoms with Crippen molar-refractivity contribution in [1.82, 2.24) is 9.88 Å². The van der Waals surface area contributed by atoms with E-state index in [0.29, 0.717) is 12.2 Å². The number of hydrogen-bond acceptors (Lipinski definition) is 4. The van der Waals surface area contributed by atoms with Crippen molar-refractivity contribution in [2.75, 3.05) is 13.1 Å². The lowest BCUT2D eigenvalue weighted by molar-refractivity contribution is 0.0750. The molecule has 1 aromatic rings. The van der Waals surface area contributed by atoms with Crippen LogP contribution in [0, 0.1) is 0 Å².